The molecule has 6 heteroatoms. The minimum absolute atomic E-state index is 0.00750. The smallest absolute Gasteiger partial charge is 0.253 e. The fourth-order valence-corrected chi connectivity index (χ4v) is 5.26. The first-order valence-electron chi connectivity index (χ1n) is 12.2. The van der Waals surface area contributed by atoms with E-state index in [1.54, 1.807) is 19.2 Å². The van der Waals surface area contributed by atoms with Crippen LogP contribution in [0.15, 0.2) is 42.5 Å². The first-order chi connectivity index (χ1) is 16.4. The van der Waals surface area contributed by atoms with E-state index in [0.717, 1.165) is 29.7 Å². The Morgan fingerprint density at radius 1 is 0.794 bits per heavy atom. The highest BCUT2D eigenvalue weighted by molar-refractivity contribution is 5.98. The maximum absolute atomic E-state index is 13.3. The molecule has 0 saturated carbocycles. The number of carbonyl (C=O) groups is 3. The number of methoxy groups -OCH3 is 1. The third kappa shape index (κ3) is 5.32. The van der Waals surface area contributed by atoms with E-state index in [1.165, 1.54) is 0 Å². The second-order valence-corrected chi connectivity index (χ2v) is 9.66. The molecule has 0 aromatic heterocycles. The van der Waals surface area contributed by atoms with Crippen molar-refractivity contribution in [2.75, 3.05) is 33.3 Å². The number of ketones is 1. The van der Waals surface area contributed by atoms with Crippen LogP contribution < -0.4 is 4.74 Å². The van der Waals surface area contributed by atoms with Crippen molar-refractivity contribution in [1.82, 2.24) is 9.80 Å². The fraction of sp³-hybridized carbons (Fsp3) is 0.464. The van der Waals surface area contributed by atoms with Gasteiger partial charge in [0.2, 0.25) is 5.91 Å². The Labute approximate surface area is 201 Å². The number of aryl methyl sites for hydroxylation is 2. The molecule has 2 aromatic carbocycles. The molecule has 2 saturated heterocycles. The highest BCUT2D eigenvalue weighted by Gasteiger charge is 2.34. The van der Waals surface area contributed by atoms with Gasteiger partial charge in [-0.15, -0.1) is 0 Å². The maximum Gasteiger partial charge on any atom is 0.253 e. The van der Waals surface area contributed by atoms with Crippen molar-refractivity contribution >= 4 is 17.6 Å². The molecule has 0 N–H and O–H groups in total. The molecule has 1 unspecified atom stereocenters. The Balaban J connectivity index is 1.33. The summed E-state index contributed by atoms with van der Waals surface area (Å²) in [5.74, 6) is 0.761. The number of hydrogen-bond donors (Lipinski definition) is 0. The maximum atomic E-state index is 13.3. The molecule has 0 spiro atoms. The van der Waals surface area contributed by atoms with Gasteiger partial charge < -0.3 is 14.5 Å². The largest absolute Gasteiger partial charge is 0.497 e. The third-order valence-corrected chi connectivity index (χ3v) is 7.08. The van der Waals surface area contributed by atoms with E-state index >= 15 is 0 Å². The lowest BCUT2D eigenvalue weighted by atomic mass is 9.87. The summed E-state index contributed by atoms with van der Waals surface area (Å²) in [5.41, 5.74) is 3.53. The predicted octanol–water partition coefficient (Wildman–Crippen LogP) is 4.29. The van der Waals surface area contributed by atoms with E-state index in [1.807, 2.05) is 47.9 Å². The van der Waals surface area contributed by atoms with Crippen molar-refractivity contribution in [1.29, 1.82) is 0 Å². The summed E-state index contributed by atoms with van der Waals surface area (Å²) >= 11 is 0. The van der Waals surface area contributed by atoms with E-state index in [4.69, 9.17) is 4.74 Å². The molecule has 4 rings (SSSR count). The lowest BCUT2D eigenvalue weighted by Gasteiger charge is -2.37. The van der Waals surface area contributed by atoms with Gasteiger partial charge in [0.25, 0.3) is 5.91 Å². The molecule has 2 heterocycles. The second kappa shape index (κ2) is 10.4. The quantitative estimate of drug-likeness (QED) is 0.622. The van der Waals surface area contributed by atoms with E-state index in [9.17, 15) is 14.4 Å². The van der Waals surface area contributed by atoms with Crippen molar-refractivity contribution in [3.63, 3.8) is 0 Å². The van der Waals surface area contributed by atoms with E-state index in [2.05, 4.69) is 6.07 Å². The normalized spacial score (nSPS) is 19.1. The average Bonchev–Trinajstić information content (AvgIpc) is 2.87. The van der Waals surface area contributed by atoms with Gasteiger partial charge in [0.1, 0.15) is 5.75 Å². The van der Waals surface area contributed by atoms with Crippen LogP contribution in [0, 0.1) is 25.7 Å². The molecule has 2 fully saturated rings. The van der Waals surface area contributed by atoms with E-state index < -0.39 is 0 Å². The molecule has 180 valence electrons. The summed E-state index contributed by atoms with van der Waals surface area (Å²) in [7, 11) is 1.61. The van der Waals surface area contributed by atoms with Crippen LogP contribution in [0.5, 0.6) is 5.75 Å². The molecule has 0 aliphatic carbocycles. The first kappa shape index (κ1) is 24.0. The van der Waals surface area contributed by atoms with E-state index in [-0.39, 0.29) is 29.4 Å². The van der Waals surface area contributed by atoms with Gasteiger partial charge in [0, 0.05) is 43.2 Å². The summed E-state index contributed by atoms with van der Waals surface area (Å²) in [6.07, 6.45) is 2.99. The minimum atomic E-state index is -0.169. The first-order valence-corrected chi connectivity index (χ1v) is 12.2. The molecular weight excluding hydrogens is 428 g/mol. The fourth-order valence-electron chi connectivity index (χ4n) is 5.26. The van der Waals surface area contributed by atoms with Crippen molar-refractivity contribution < 1.29 is 19.1 Å². The topological polar surface area (TPSA) is 66.9 Å². The van der Waals surface area contributed by atoms with Gasteiger partial charge in [-0.2, -0.15) is 0 Å². The number of hydrogen-bond acceptors (Lipinski definition) is 4. The average molecular weight is 463 g/mol. The van der Waals surface area contributed by atoms with Gasteiger partial charge in [-0.05, 0) is 75.9 Å². The van der Waals surface area contributed by atoms with Crippen LogP contribution >= 0.6 is 0 Å². The zero-order chi connectivity index (χ0) is 24.2. The monoisotopic (exact) mass is 462 g/mol. The zero-order valence-corrected chi connectivity index (χ0v) is 20.4. The molecule has 6 nitrogen and oxygen atoms in total. The number of ether oxygens (including phenoxy) is 1. The Hall–Kier alpha value is -3.15. The number of amides is 2. The SMILES string of the molecule is COc1ccc(C(=O)C2CCN(C(=O)C3CCCN(C(=O)c4cc(C)cc(C)c4)C3)CC2)cc1. The van der Waals surface area contributed by atoms with Gasteiger partial charge in [-0.25, -0.2) is 0 Å². The van der Waals surface area contributed by atoms with Crippen molar-refractivity contribution in [2.45, 2.75) is 39.5 Å². The molecule has 2 aliphatic heterocycles. The van der Waals surface area contributed by atoms with Gasteiger partial charge in [-0.3, -0.25) is 14.4 Å². The molecule has 34 heavy (non-hydrogen) atoms. The van der Waals surface area contributed by atoms with Gasteiger partial charge >= 0.3 is 0 Å². The van der Waals surface area contributed by atoms with Crippen molar-refractivity contribution in [3.05, 3.63) is 64.7 Å². The lowest BCUT2D eigenvalue weighted by Crippen LogP contribution is -2.49. The molecule has 0 bridgehead atoms. The molecular formula is C28H34N2O4. The van der Waals surface area contributed by atoms with Gasteiger partial charge in [0.15, 0.2) is 5.78 Å². The van der Waals surface area contributed by atoms with Crippen LogP contribution in [0.25, 0.3) is 0 Å². The summed E-state index contributed by atoms with van der Waals surface area (Å²) < 4.78 is 5.17. The van der Waals surface area contributed by atoms with Gasteiger partial charge in [0.05, 0.1) is 13.0 Å². The van der Waals surface area contributed by atoms with Crippen LogP contribution in [0.2, 0.25) is 0 Å². The van der Waals surface area contributed by atoms with Crippen LogP contribution in [-0.4, -0.2) is 60.7 Å². The number of Topliss-reactive ketones (excluding diaryl/α,β-unsaturated/α-hetero) is 1. The summed E-state index contributed by atoms with van der Waals surface area (Å²) in [5, 5.41) is 0. The molecule has 2 amide bonds. The molecule has 2 aliphatic rings. The van der Waals surface area contributed by atoms with E-state index in [0.29, 0.717) is 50.1 Å². The Bertz CT molecular complexity index is 1030. The number of piperidine rings is 2. The van der Waals surface area contributed by atoms with Crippen LogP contribution in [0.3, 0.4) is 0 Å². The summed E-state index contributed by atoms with van der Waals surface area (Å²) in [6.45, 7) is 6.33. The number of benzene rings is 2. The van der Waals surface area contributed by atoms with Gasteiger partial charge in [-0.1, -0.05) is 17.2 Å². The Morgan fingerprint density at radius 3 is 2.06 bits per heavy atom. The third-order valence-electron chi connectivity index (χ3n) is 7.08. The Kier molecular flexibility index (Phi) is 7.35. The number of rotatable bonds is 5. The van der Waals surface area contributed by atoms with Crippen LogP contribution in [0.4, 0.5) is 0 Å². The zero-order valence-electron chi connectivity index (χ0n) is 20.4. The van der Waals surface area contributed by atoms with Crippen LogP contribution in [0.1, 0.15) is 57.5 Å². The highest BCUT2D eigenvalue weighted by Crippen LogP contribution is 2.27. The van der Waals surface area contributed by atoms with Crippen LogP contribution in [-0.2, 0) is 4.79 Å². The number of carbonyl (C=O) groups excluding carboxylic acids is 3. The Morgan fingerprint density at radius 2 is 1.44 bits per heavy atom. The molecule has 2 aromatic rings. The number of likely N-dealkylation sites (tertiary alicyclic amines) is 2. The lowest BCUT2D eigenvalue weighted by molar-refractivity contribution is -0.138. The summed E-state index contributed by atoms with van der Waals surface area (Å²) in [4.78, 5) is 43.0. The highest BCUT2D eigenvalue weighted by atomic mass is 16.5. The second-order valence-electron chi connectivity index (χ2n) is 9.66. The summed E-state index contributed by atoms with van der Waals surface area (Å²) in [6, 6.07) is 13.1. The van der Waals surface area contributed by atoms with Crippen molar-refractivity contribution in [3.8, 4) is 5.75 Å². The number of nitrogens with zero attached hydrogens (tertiary/aromatic N) is 2. The minimum Gasteiger partial charge on any atom is -0.497 e. The standard InChI is InChI=1S/C28H34N2O4/c1-19-15-20(2)17-24(16-19)28(33)30-12-4-5-23(18-30)27(32)29-13-10-22(11-14-29)26(31)21-6-8-25(34-3)9-7-21/h6-9,15-17,22-23H,4-5,10-14,18H2,1-3H3. The van der Waals surface area contributed by atoms with Crippen molar-refractivity contribution in [2.24, 2.45) is 11.8 Å². The predicted molar refractivity (Wildman–Crippen MR) is 131 cm³/mol. The molecule has 1 atom stereocenters. The molecule has 0 radical (unpaired) electrons.